The average molecular weight is 289 g/mol. The highest BCUT2D eigenvalue weighted by Gasteiger charge is 2.25. The maximum Gasteiger partial charge on any atom is 0.416 e. The van der Waals surface area contributed by atoms with E-state index in [2.05, 4.69) is 10.2 Å². The van der Waals surface area contributed by atoms with Crippen LogP contribution >= 0.6 is 23.6 Å². The van der Waals surface area contributed by atoms with Crippen LogP contribution in [0.15, 0.2) is 0 Å². The first-order valence-electron chi connectivity index (χ1n) is 5.75. The minimum absolute atomic E-state index is 0.315. The first kappa shape index (κ1) is 15.1. The van der Waals surface area contributed by atoms with E-state index < -0.39 is 11.7 Å². The van der Waals surface area contributed by atoms with Gasteiger partial charge in [-0.2, -0.15) is 0 Å². The quantitative estimate of drug-likeness (QED) is 0.864. The number of nitrogens with one attached hydrogen (secondary N) is 1. The molecule has 0 aliphatic carbocycles. The fourth-order valence-corrected chi connectivity index (χ4v) is 2.13. The summed E-state index contributed by atoms with van der Waals surface area (Å²) in [6.45, 7) is 10.1. The SMILES string of the molecule is CC(C)CN(C(=O)OC(C)(C)C)c1n[nH]c(=S)s1. The lowest BCUT2D eigenvalue weighted by Gasteiger charge is -2.26. The number of hydrogen-bond acceptors (Lipinski definition) is 5. The van der Waals surface area contributed by atoms with Gasteiger partial charge in [-0.25, -0.2) is 4.79 Å². The summed E-state index contributed by atoms with van der Waals surface area (Å²) in [6.07, 6.45) is -0.394. The van der Waals surface area contributed by atoms with Gasteiger partial charge in [0.2, 0.25) is 5.13 Å². The molecule has 0 unspecified atom stereocenters. The van der Waals surface area contributed by atoms with E-state index in [-0.39, 0.29) is 0 Å². The molecule has 102 valence electrons. The number of ether oxygens (including phenoxy) is 1. The van der Waals surface area contributed by atoms with Gasteiger partial charge in [0.15, 0.2) is 3.95 Å². The lowest BCUT2D eigenvalue weighted by molar-refractivity contribution is 0.0576. The third kappa shape index (κ3) is 4.73. The topological polar surface area (TPSA) is 58.2 Å². The van der Waals surface area contributed by atoms with Crippen molar-refractivity contribution in [2.45, 2.75) is 40.2 Å². The molecule has 1 rings (SSSR count). The first-order valence-corrected chi connectivity index (χ1v) is 6.97. The number of amides is 1. The number of carbonyl (C=O) groups is 1. The molecule has 0 radical (unpaired) electrons. The van der Waals surface area contributed by atoms with Crippen molar-refractivity contribution in [3.05, 3.63) is 3.95 Å². The molecule has 0 aliphatic heterocycles. The highest BCUT2D eigenvalue weighted by Crippen LogP contribution is 2.21. The Morgan fingerprint density at radius 2 is 2.17 bits per heavy atom. The summed E-state index contributed by atoms with van der Waals surface area (Å²) in [5.41, 5.74) is -0.524. The van der Waals surface area contributed by atoms with Crippen molar-refractivity contribution < 1.29 is 9.53 Å². The number of aromatic nitrogens is 2. The monoisotopic (exact) mass is 289 g/mol. The van der Waals surface area contributed by atoms with Crippen LogP contribution in [0.4, 0.5) is 9.93 Å². The fraction of sp³-hybridized carbons (Fsp3) is 0.727. The molecule has 1 heterocycles. The van der Waals surface area contributed by atoms with Crippen molar-refractivity contribution >= 4 is 34.8 Å². The summed E-state index contributed by atoms with van der Waals surface area (Å²) < 4.78 is 5.91. The second kappa shape index (κ2) is 5.79. The van der Waals surface area contributed by atoms with E-state index in [1.54, 1.807) is 0 Å². The van der Waals surface area contributed by atoms with E-state index in [0.717, 1.165) is 0 Å². The van der Waals surface area contributed by atoms with Crippen molar-refractivity contribution in [1.82, 2.24) is 10.2 Å². The van der Waals surface area contributed by atoms with Gasteiger partial charge < -0.3 is 4.74 Å². The van der Waals surface area contributed by atoms with Crippen LogP contribution in [-0.4, -0.2) is 28.4 Å². The average Bonchev–Trinajstić information content (AvgIpc) is 2.57. The summed E-state index contributed by atoms with van der Waals surface area (Å²) in [5.74, 6) is 0.315. The molecule has 0 aliphatic rings. The molecule has 0 atom stereocenters. The molecule has 1 amide bonds. The molecule has 0 bridgehead atoms. The fourth-order valence-electron chi connectivity index (χ4n) is 1.25. The van der Waals surface area contributed by atoms with Crippen molar-refractivity contribution in [2.75, 3.05) is 11.4 Å². The molecular weight excluding hydrogens is 270 g/mol. The number of anilines is 1. The Morgan fingerprint density at radius 1 is 1.56 bits per heavy atom. The van der Waals surface area contributed by atoms with Crippen LogP contribution in [0.1, 0.15) is 34.6 Å². The van der Waals surface area contributed by atoms with Gasteiger partial charge in [-0.05, 0) is 38.9 Å². The molecular formula is C11H19N3O2S2. The summed E-state index contributed by atoms with van der Waals surface area (Å²) in [4.78, 5) is 13.6. The normalized spacial score (nSPS) is 11.7. The van der Waals surface area contributed by atoms with Crippen molar-refractivity contribution in [1.29, 1.82) is 0 Å². The predicted molar refractivity (Wildman–Crippen MR) is 75.7 cm³/mol. The minimum Gasteiger partial charge on any atom is -0.443 e. The molecule has 0 saturated heterocycles. The van der Waals surface area contributed by atoms with Crippen LogP contribution < -0.4 is 4.90 Å². The van der Waals surface area contributed by atoms with Crippen LogP contribution in [0.25, 0.3) is 0 Å². The van der Waals surface area contributed by atoms with Crippen LogP contribution in [0.5, 0.6) is 0 Å². The zero-order valence-electron chi connectivity index (χ0n) is 11.3. The first-order chi connectivity index (χ1) is 8.19. The van der Waals surface area contributed by atoms with E-state index in [1.165, 1.54) is 16.2 Å². The number of aromatic amines is 1. The molecule has 1 aromatic heterocycles. The van der Waals surface area contributed by atoms with Crippen LogP contribution in [-0.2, 0) is 4.74 Å². The Bertz CT molecular complexity index is 459. The standard InChI is InChI=1S/C11H19N3O2S2/c1-7(2)6-14(8-12-13-9(17)18-8)10(15)16-11(3,4)5/h7H,6H2,1-5H3,(H,13,17). The van der Waals surface area contributed by atoms with E-state index in [9.17, 15) is 4.79 Å². The van der Waals surface area contributed by atoms with Crippen molar-refractivity contribution in [3.8, 4) is 0 Å². The Hall–Kier alpha value is -0.950. The molecule has 0 spiro atoms. The second-order valence-electron chi connectivity index (χ2n) is 5.38. The Balaban J connectivity index is 2.91. The van der Waals surface area contributed by atoms with Gasteiger partial charge in [0.05, 0.1) is 0 Å². The van der Waals surface area contributed by atoms with Gasteiger partial charge >= 0.3 is 6.09 Å². The maximum atomic E-state index is 12.1. The Morgan fingerprint density at radius 3 is 2.56 bits per heavy atom. The lowest BCUT2D eigenvalue weighted by atomic mass is 10.2. The minimum atomic E-state index is -0.524. The number of nitrogens with zero attached hydrogens (tertiary/aromatic N) is 2. The zero-order chi connectivity index (χ0) is 13.9. The van der Waals surface area contributed by atoms with E-state index >= 15 is 0 Å². The Kier molecular flexibility index (Phi) is 4.86. The molecule has 1 aromatic rings. The molecule has 1 N–H and O–H groups in total. The van der Waals surface area contributed by atoms with E-state index in [4.69, 9.17) is 17.0 Å². The molecule has 0 fully saturated rings. The maximum absolute atomic E-state index is 12.1. The van der Waals surface area contributed by atoms with Gasteiger partial charge in [0.1, 0.15) is 5.60 Å². The highest BCUT2D eigenvalue weighted by atomic mass is 32.1. The third-order valence-corrected chi connectivity index (χ3v) is 2.93. The largest absolute Gasteiger partial charge is 0.443 e. The zero-order valence-corrected chi connectivity index (χ0v) is 12.9. The molecule has 0 aromatic carbocycles. The van der Waals surface area contributed by atoms with Crippen molar-refractivity contribution in [2.24, 2.45) is 5.92 Å². The molecule has 0 saturated carbocycles. The smallest absolute Gasteiger partial charge is 0.416 e. The molecule has 5 nitrogen and oxygen atoms in total. The number of carbonyl (C=O) groups excluding carboxylic acids is 1. The number of H-pyrrole nitrogens is 1. The van der Waals surface area contributed by atoms with Gasteiger partial charge in [0.25, 0.3) is 0 Å². The highest BCUT2D eigenvalue weighted by molar-refractivity contribution is 7.73. The molecule has 7 heteroatoms. The van der Waals surface area contributed by atoms with Gasteiger partial charge in [-0.15, -0.1) is 5.10 Å². The molecule has 18 heavy (non-hydrogen) atoms. The number of rotatable bonds is 3. The second-order valence-corrected chi connectivity index (χ2v) is 7.02. The third-order valence-electron chi connectivity index (χ3n) is 1.82. The van der Waals surface area contributed by atoms with Crippen LogP contribution in [0.3, 0.4) is 0 Å². The van der Waals surface area contributed by atoms with Crippen molar-refractivity contribution in [3.63, 3.8) is 0 Å². The predicted octanol–water partition coefficient (Wildman–Crippen LogP) is 3.60. The summed E-state index contributed by atoms with van der Waals surface area (Å²) >= 11 is 6.25. The van der Waals surface area contributed by atoms with Gasteiger partial charge in [0, 0.05) is 6.54 Å². The lowest BCUT2D eigenvalue weighted by Crippen LogP contribution is -2.39. The summed E-state index contributed by atoms with van der Waals surface area (Å²) in [5, 5.41) is 7.25. The van der Waals surface area contributed by atoms with Crippen LogP contribution in [0, 0.1) is 9.87 Å². The van der Waals surface area contributed by atoms with Gasteiger partial charge in [-0.1, -0.05) is 25.2 Å². The van der Waals surface area contributed by atoms with E-state index in [0.29, 0.717) is 21.5 Å². The summed E-state index contributed by atoms with van der Waals surface area (Å²) in [6, 6.07) is 0. The summed E-state index contributed by atoms with van der Waals surface area (Å²) in [7, 11) is 0. The van der Waals surface area contributed by atoms with E-state index in [1.807, 2.05) is 34.6 Å². The van der Waals surface area contributed by atoms with Crippen LogP contribution in [0.2, 0.25) is 0 Å². The number of hydrogen-bond donors (Lipinski definition) is 1. The Labute approximate surface area is 116 Å². The van der Waals surface area contributed by atoms with Gasteiger partial charge in [-0.3, -0.25) is 10.00 Å².